The quantitative estimate of drug-likeness (QED) is 0.666. The van der Waals surface area contributed by atoms with Crippen LogP contribution in [0.1, 0.15) is 11.4 Å². The van der Waals surface area contributed by atoms with Crippen molar-refractivity contribution in [2.75, 3.05) is 11.1 Å². The first-order valence-corrected chi connectivity index (χ1v) is 4.84. The van der Waals surface area contributed by atoms with Crippen molar-refractivity contribution >= 4 is 11.4 Å². The summed E-state index contributed by atoms with van der Waals surface area (Å²) in [5.41, 5.74) is 8.72. The second-order valence-corrected chi connectivity index (χ2v) is 3.46. The Hall–Kier alpha value is -1.97. The summed E-state index contributed by atoms with van der Waals surface area (Å²) < 4.78 is 0. The number of benzene rings is 1. The first-order chi connectivity index (χ1) is 7.25. The lowest BCUT2D eigenvalue weighted by Crippen LogP contribution is -2.02. The number of nitrogens with two attached hydrogens (primary N) is 1. The third kappa shape index (κ3) is 2.28. The van der Waals surface area contributed by atoms with Gasteiger partial charge in [0.05, 0.1) is 6.54 Å². The van der Waals surface area contributed by atoms with Gasteiger partial charge in [0.25, 0.3) is 0 Å². The van der Waals surface area contributed by atoms with Gasteiger partial charge in [-0.1, -0.05) is 6.07 Å². The molecule has 4 nitrogen and oxygen atoms in total. The lowest BCUT2D eigenvalue weighted by Gasteiger charge is -2.06. The maximum absolute atomic E-state index is 5.81. The normalized spacial score (nSPS) is 10.2. The van der Waals surface area contributed by atoms with E-state index < -0.39 is 0 Å². The average molecular weight is 202 g/mol. The largest absolute Gasteiger partial charge is 0.398 e. The SMILES string of the molecule is Cc1ccc(NCc2ncc[nH]2)cc1N. The molecule has 1 aromatic heterocycles. The van der Waals surface area contributed by atoms with Gasteiger partial charge in [0.2, 0.25) is 0 Å². The van der Waals surface area contributed by atoms with E-state index in [2.05, 4.69) is 15.3 Å². The smallest absolute Gasteiger partial charge is 0.125 e. The Morgan fingerprint density at radius 3 is 3.00 bits per heavy atom. The Kier molecular flexibility index (Phi) is 2.58. The molecule has 4 heteroatoms. The molecule has 4 N–H and O–H groups in total. The topological polar surface area (TPSA) is 66.7 Å². The number of hydrogen-bond acceptors (Lipinski definition) is 3. The molecule has 0 saturated carbocycles. The van der Waals surface area contributed by atoms with Gasteiger partial charge in [-0.15, -0.1) is 0 Å². The molecule has 0 fully saturated rings. The molecular weight excluding hydrogens is 188 g/mol. The maximum Gasteiger partial charge on any atom is 0.125 e. The summed E-state index contributed by atoms with van der Waals surface area (Å²) in [4.78, 5) is 7.15. The summed E-state index contributed by atoms with van der Waals surface area (Å²) in [7, 11) is 0. The molecule has 2 aromatic rings. The van der Waals surface area contributed by atoms with E-state index in [1.807, 2.05) is 25.1 Å². The first-order valence-electron chi connectivity index (χ1n) is 4.84. The van der Waals surface area contributed by atoms with Crippen molar-refractivity contribution < 1.29 is 0 Å². The summed E-state index contributed by atoms with van der Waals surface area (Å²) in [6, 6.07) is 5.94. The van der Waals surface area contributed by atoms with Crippen molar-refractivity contribution in [1.29, 1.82) is 0 Å². The highest BCUT2D eigenvalue weighted by Crippen LogP contribution is 2.17. The van der Waals surface area contributed by atoms with Gasteiger partial charge >= 0.3 is 0 Å². The molecule has 1 heterocycles. The monoisotopic (exact) mass is 202 g/mol. The highest BCUT2D eigenvalue weighted by atomic mass is 15.0. The zero-order valence-electron chi connectivity index (χ0n) is 8.62. The molecule has 0 unspecified atom stereocenters. The molecule has 0 amide bonds. The second kappa shape index (κ2) is 4.04. The fraction of sp³-hybridized carbons (Fsp3) is 0.182. The van der Waals surface area contributed by atoms with Gasteiger partial charge in [0.15, 0.2) is 0 Å². The fourth-order valence-electron chi connectivity index (χ4n) is 1.33. The van der Waals surface area contributed by atoms with Crippen molar-refractivity contribution in [3.63, 3.8) is 0 Å². The van der Waals surface area contributed by atoms with Crippen molar-refractivity contribution in [2.45, 2.75) is 13.5 Å². The van der Waals surface area contributed by atoms with Gasteiger partial charge in [-0.3, -0.25) is 0 Å². The summed E-state index contributed by atoms with van der Waals surface area (Å²) >= 11 is 0. The second-order valence-electron chi connectivity index (χ2n) is 3.46. The van der Waals surface area contributed by atoms with E-state index in [4.69, 9.17) is 5.73 Å². The molecule has 0 spiro atoms. The van der Waals surface area contributed by atoms with E-state index in [9.17, 15) is 0 Å². The molecule has 0 aliphatic heterocycles. The van der Waals surface area contributed by atoms with Gasteiger partial charge in [-0.05, 0) is 24.6 Å². The van der Waals surface area contributed by atoms with Gasteiger partial charge in [0, 0.05) is 23.8 Å². The third-order valence-corrected chi connectivity index (χ3v) is 2.29. The highest BCUT2D eigenvalue weighted by Gasteiger charge is 1.97. The Labute approximate surface area is 88.5 Å². The van der Waals surface area contributed by atoms with Crippen LogP contribution in [0.4, 0.5) is 11.4 Å². The number of aromatic nitrogens is 2. The van der Waals surface area contributed by atoms with Crippen LogP contribution in [0.2, 0.25) is 0 Å². The molecule has 1 aromatic carbocycles. The van der Waals surface area contributed by atoms with Crippen molar-refractivity contribution in [1.82, 2.24) is 9.97 Å². The van der Waals surface area contributed by atoms with Crippen LogP contribution in [-0.2, 0) is 6.54 Å². The van der Waals surface area contributed by atoms with E-state index in [1.54, 1.807) is 12.4 Å². The number of nitrogens with one attached hydrogen (secondary N) is 2. The number of rotatable bonds is 3. The molecular formula is C11H14N4. The minimum absolute atomic E-state index is 0.676. The van der Waals surface area contributed by atoms with Gasteiger partial charge in [0.1, 0.15) is 5.82 Å². The van der Waals surface area contributed by atoms with E-state index in [0.29, 0.717) is 6.54 Å². The zero-order chi connectivity index (χ0) is 10.7. The van der Waals surface area contributed by atoms with Crippen LogP contribution in [0.3, 0.4) is 0 Å². The number of imidazole rings is 1. The van der Waals surface area contributed by atoms with Crippen LogP contribution in [0, 0.1) is 6.92 Å². The lowest BCUT2D eigenvalue weighted by molar-refractivity contribution is 1.000. The number of aromatic amines is 1. The standard InChI is InChI=1S/C11H14N4/c1-8-2-3-9(6-10(8)12)15-7-11-13-4-5-14-11/h2-6,15H,7,12H2,1H3,(H,13,14). The van der Waals surface area contributed by atoms with Gasteiger partial charge < -0.3 is 16.0 Å². The van der Waals surface area contributed by atoms with Crippen LogP contribution in [0.15, 0.2) is 30.6 Å². The van der Waals surface area contributed by atoms with Gasteiger partial charge in [-0.25, -0.2) is 4.98 Å². The molecule has 0 aliphatic rings. The maximum atomic E-state index is 5.81. The number of H-pyrrole nitrogens is 1. The summed E-state index contributed by atoms with van der Waals surface area (Å²) in [6.07, 6.45) is 3.54. The molecule has 0 bridgehead atoms. The van der Waals surface area contributed by atoms with Crippen LogP contribution in [0.25, 0.3) is 0 Å². The van der Waals surface area contributed by atoms with Crippen LogP contribution < -0.4 is 11.1 Å². The van der Waals surface area contributed by atoms with Gasteiger partial charge in [-0.2, -0.15) is 0 Å². The predicted molar refractivity (Wildman–Crippen MR) is 61.5 cm³/mol. The van der Waals surface area contributed by atoms with Crippen LogP contribution in [0.5, 0.6) is 0 Å². The Morgan fingerprint density at radius 2 is 2.33 bits per heavy atom. The number of nitrogens with zero attached hydrogens (tertiary/aromatic N) is 1. The Morgan fingerprint density at radius 1 is 1.47 bits per heavy atom. The molecule has 15 heavy (non-hydrogen) atoms. The third-order valence-electron chi connectivity index (χ3n) is 2.29. The molecule has 0 radical (unpaired) electrons. The van der Waals surface area contributed by atoms with Crippen molar-refractivity contribution in [3.05, 3.63) is 42.0 Å². The fourth-order valence-corrected chi connectivity index (χ4v) is 1.33. The van der Waals surface area contributed by atoms with Crippen molar-refractivity contribution in [2.24, 2.45) is 0 Å². The molecule has 0 saturated heterocycles. The van der Waals surface area contributed by atoms with E-state index in [-0.39, 0.29) is 0 Å². The number of aryl methyl sites for hydroxylation is 1. The van der Waals surface area contributed by atoms with E-state index in [1.165, 1.54) is 0 Å². The molecule has 0 atom stereocenters. The highest BCUT2D eigenvalue weighted by molar-refractivity contribution is 5.58. The number of hydrogen-bond donors (Lipinski definition) is 3. The summed E-state index contributed by atoms with van der Waals surface area (Å²) in [5.74, 6) is 0.911. The average Bonchev–Trinajstić information content (AvgIpc) is 2.73. The van der Waals surface area contributed by atoms with Crippen molar-refractivity contribution in [3.8, 4) is 0 Å². The number of anilines is 2. The minimum atomic E-state index is 0.676. The Balaban J connectivity index is 2.02. The first kappa shape index (κ1) is 9.58. The summed E-state index contributed by atoms with van der Waals surface area (Å²) in [5, 5.41) is 3.24. The van der Waals surface area contributed by atoms with E-state index >= 15 is 0 Å². The van der Waals surface area contributed by atoms with Crippen LogP contribution in [-0.4, -0.2) is 9.97 Å². The Bertz CT molecular complexity index is 434. The summed E-state index contributed by atoms with van der Waals surface area (Å²) in [6.45, 7) is 2.67. The molecule has 0 aliphatic carbocycles. The zero-order valence-corrected chi connectivity index (χ0v) is 8.62. The van der Waals surface area contributed by atoms with E-state index in [0.717, 1.165) is 22.8 Å². The van der Waals surface area contributed by atoms with Crippen LogP contribution >= 0.6 is 0 Å². The molecule has 2 rings (SSSR count). The predicted octanol–water partition coefficient (Wildman–Crippen LogP) is 1.91. The number of nitrogen functional groups attached to an aromatic ring is 1. The minimum Gasteiger partial charge on any atom is -0.398 e. The lowest BCUT2D eigenvalue weighted by atomic mass is 10.2. The molecule has 78 valence electrons.